The molecule has 0 radical (unpaired) electrons. The van der Waals surface area contributed by atoms with Crippen molar-refractivity contribution in [3.05, 3.63) is 51.0 Å². The van der Waals surface area contributed by atoms with Gasteiger partial charge in [-0.1, -0.05) is 17.7 Å². The van der Waals surface area contributed by atoms with Gasteiger partial charge in [0.05, 0.1) is 16.8 Å². The molecule has 132 valence electrons. The molecule has 7 heteroatoms. The Bertz CT molecular complexity index is 808. The molecule has 0 heterocycles. The van der Waals surface area contributed by atoms with Gasteiger partial charge in [0.1, 0.15) is 0 Å². The van der Waals surface area contributed by atoms with Crippen LogP contribution in [0.25, 0.3) is 0 Å². The molecule has 0 bridgehead atoms. The number of aryl methyl sites for hydroxylation is 1. The number of rotatable bonds is 7. The molecule has 2 aromatic rings. The summed E-state index contributed by atoms with van der Waals surface area (Å²) in [6, 6.07) is 9.08. The van der Waals surface area contributed by atoms with Crippen molar-refractivity contribution in [2.75, 3.05) is 13.2 Å². The molecule has 0 aliphatic heterocycles. The summed E-state index contributed by atoms with van der Waals surface area (Å²) in [6.07, 6.45) is 1.68. The Hall–Kier alpha value is -2.05. The van der Waals surface area contributed by atoms with Crippen LogP contribution in [0.15, 0.2) is 39.8 Å². The topological polar surface area (TPSA) is 68.1 Å². The van der Waals surface area contributed by atoms with Crippen LogP contribution in [0.4, 0.5) is 5.69 Å². The van der Waals surface area contributed by atoms with Gasteiger partial charge in [-0.15, -0.1) is 0 Å². The van der Waals surface area contributed by atoms with E-state index in [1.165, 1.54) is 0 Å². The third-order valence-corrected chi connectivity index (χ3v) is 4.19. The molecule has 0 fully saturated rings. The van der Waals surface area contributed by atoms with Crippen LogP contribution in [0.1, 0.15) is 18.1 Å². The standard InChI is InChI=1S/C18H17BrClNO4/c1-3-24-16-7-12(6-14(19)18(16)25-10-17(22)23)9-21-13-5-4-11(2)15(20)8-13/h4-9H,3,10H2,1-2H3,(H,22,23). The third kappa shape index (κ3) is 5.47. The molecule has 5 nitrogen and oxygen atoms in total. The van der Waals surface area contributed by atoms with Crippen molar-refractivity contribution >= 4 is 45.4 Å². The van der Waals surface area contributed by atoms with E-state index in [1.807, 2.05) is 26.0 Å². The molecular weight excluding hydrogens is 410 g/mol. The van der Waals surface area contributed by atoms with Crippen molar-refractivity contribution in [3.8, 4) is 11.5 Å². The maximum Gasteiger partial charge on any atom is 0.341 e. The first kappa shape index (κ1) is 19.3. The highest BCUT2D eigenvalue weighted by Gasteiger charge is 2.13. The van der Waals surface area contributed by atoms with E-state index < -0.39 is 12.6 Å². The van der Waals surface area contributed by atoms with Crippen LogP contribution < -0.4 is 9.47 Å². The second-order valence-corrected chi connectivity index (χ2v) is 6.40. The summed E-state index contributed by atoms with van der Waals surface area (Å²) >= 11 is 9.49. The number of aliphatic imine (C=N–C) groups is 1. The second kappa shape index (κ2) is 8.87. The van der Waals surface area contributed by atoms with Gasteiger partial charge in [-0.2, -0.15) is 0 Å². The predicted octanol–water partition coefficient (Wildman–Crippen LogP) is 5.02. The van der Waals surface area contributed by atoms with Crippen molar-refractivity contribution in [1.82, 2.24) is 0 Å². The minimum atomic E-state index is -1.06. The van der Waals surface area contributed by atoms with Crippen molar-refractivity contribution < 1.29 is 19.4 Å². The molecule has 0 aromatic heterocycles. The number of benzene rings is 2. The maximum absolute atomic E-state index is 10.7. The Morgan fingerprint density at radius 2 is 2.08 bits per heavy atom. The predicted molar refractivity (Wildman–Crippen MR) is 102 cm³/mol. The van der Waals surface area contributed by atoms with Crippen LogP contribution in [-0.4, -0.2) is 30.5 Å². The van der Waals surface area contributed by atoms with Crippen LogP contribution >= 0.6 is 27.5 Å². The van der Waals surface area contributed by atoms with Gasteiger partial charge in [-0.05, 0) is 65.2 Å². The molecule has 0 aliphatic rings. The highest BCUT2D eigenvalue weighted by Crippen LogP contribution is 2.36. The van der Waals surface area contributed by atoms with E-state index in [2.05, 4.69) is 20.9 Å². The van der Waals surface area contributed by atoms with E-state index in [4.69, 9.17) is 26.2 Å². The fourth-order valence-corrected chi connectivity index (χ4v) is 2.76. The minimum Gasteiger partial charge on any atom is -0.490 e. The van der Waals surface area contributed by atoms with Crippen molar-refractivity contribution in [2.24, 2.45) is 4.99 Å². The van der Waals surface area contributed by atoms with E-state index in [9.17, 15) is 4.79 Å². The van der Waals surface area contributed by atoms with E-state index >= 15 is 0 Å². The van der Waals surface area contributed by atoms with E-state index in [0.29, 0.717) is 27.6 Å². The van der Waals surface area contributed by atoms with Gasteiger partial charge in [0.25, 0.3) is 0 Å². The quantitative estimate of drug-likeness (QED) is 0.631. The zero-order chi connectivity index (χ0) is 18.4. The van der Waals surface area contributed by atoms with Crippen molar-refractivity contribution in [2.45, 2.75) is 13.8 Å². The van der Waals surface area contributed by atoms with Crippen LogP contribution in [0.2, 0.25) is 5.02 Å². The van der Waals surface area contributed by atoms with E-state index in [1.54, 1.807) is 24.4 Å². The molecule has 0 spiro atoms. The lowest BCUT2D eigenvalue weighted by atomic mass is 10.2. The Morgan fingerprint density at radius 1 is 1.32 bits per heavy atom. The highest BCUT2D eigenvalue weighted by atomic mass is 79.9. The Kier molecular flexibility index (Phi) is 6.84. The van der Waals surface area contributed by atoms with Crippen LogP contribution in [0.3, 0.4) is 0 Å². The smallest absolute Gasteiger partial charge is 0.341 e. The molecule has 0 saturated carbocycles. The Balaban J connectivity index is 2.30. The van der Waals surface area contributed by atoms with Gasteiger partial charge >= 0.3 is 5.97 Å². The fourth-order valence-electron chi connectivity index (χ4n) is 2.01. The molecule has 2 rings (SSSR count). The summed E-state index contributed by atoms with van der Waals surface area (Å²) in [6.45, 7) is 3.74. The third-order valence-electron chi connectivity index (χ3n) is 3.19. The van der Waals surface area contributed by atoms with E-state index in [-0.39, 0.29) is 0 Å². The van der Waals surface area contributed by atoms with Crippen LogP contribution in [-0.2, 0) is 4.79 Å². The van der Waals surface area contributed by atoms with Gasteiger partial charge in [0.2, 0.25) is 0 Å². The number of hydrogen-bond donors (Lipinski definition) is 1. The number of carbonyl (C=O) groups is 1. The lowest BCUT2D eigenvalue weighted by molar-refractivity contribution is -0.139. The summed E-state index contributed by atoms with van der Waals surface area (Å²) in [5, 5.41) is 9.44. The van der Waals surface area contributed by atoms with Gasteiger partial charge < -0.3 is 14.6 Å². The second-order valence-electron chi connectivity index (χ2n) is 5.14. The first-order chi connectivity index (χ1) is 11.9. The van der Waals surface area contributed by atoms with Gasteiger partial charge in [0, 0.05) is 11.2 Å². The lowest BCUT2D eigenvalue weighted by Gasteiger charge is -2.13. The largest absolute Gasteiger partial charge is 0.490 e. The monoisotopic (exact) mass is 425 g/mol. The molecule has 0 aliphatic carbocycles. The number of carboxylic acid groups (broad SMARTS) is 1. The molecule has 25 heavy (non-hydrogen) atoms. The van der Waals surface area contributed by atoms with Gasteiger partial charge in [-0.25, -0.2) is 4.79 Å². The maximum atomic E-state index is 10.7. The van der Waals surface area contributed by atoms with Gasteiger partial charge in [0.15, 0.2) is 18.1 Å². The molecule has 1 N–H and O–H groups in total. The SMILES string of the molecule is CCOc1cc(C=Nc2ccc(C)c(Cl)c2)cc(Br)c1OCC(=O)O. The summed E-state index contributed by atoms with van der Waals surface area (Å²) in [7, 11) is 0. The first-order valence-electron chi connectivity index (χ1n) is 7.52. The number of halogens is 2. The number of nitrogens with zero attached hydrogens (tertiary/aromatic N) is 1. The normalized spacial score (nSPS) is 10.9. The summed E-state index contributed by atoms with van der Waals surface area (Å²) in [5.41, 5.74) is 2.49. The number of ether oxygens (including phenoxy) is 2. The summed E-state index contributed by atoms with van der Waals surface area (Å²) < 4.78 is 11.4. The molecule has 0 atom stereocenters. The average molecular weight is 427 g/mol. The molecule has 0 amide bonds. The lowest BCUT2D eigenvalue weighted by Crippen LogP contribution is -2.11. The molecule has 0 saturated heterocycles. The fraction of sp³-hybridized carbons (Fsp3) is 0.222. The zero-order valence-corrected chi connectivity index (χ0v) is 16.1. The van der Waals surface area contributed by atoms with E-state index in [0.717, 1.165) is 16.8 Å². The number of aliphatic carboxylic acids is 1. The van der Waals surface area contributed by atoms with Crippen LogP contribution in [0, 0.1) is 6.92 Å². The number of carboxylic acids is 1. The van der Waals surface area contributed by atoms with Gasteiger partial charge in [-0.3, -0.25) is 4.99 Å². The highest BCUT2D eigenvalue weighted by molar-refractivity contribution is 9.10. The molecule has 0 unspecified atom stereocenters. The number of hydrogen-bond acceptors (Lipinski definition) is 4. The van der Waals surface area contributed by atoms with Crippen molar-refractivity contribution in [1.29, 1.82) is 0 Å². The molecular formula is C18H17BrClNO4. The summed E-state index contributed by atoms with van der Waals surface area (Å²) in [4.78, 5) is 15.1. The van der Waals surface area contributed by atoms with Crippen molar-refractivity contribution in [3.63, 3.8) is 0 Å². The van der Waals surface area contributed by atoms with Crippen LogP contribution in [0.5, 0.6) is 11.5 Å². The zero-order valence-electron chi connectivity index (χ0n) is 13.8. The average Bonchev–Trinajstić information content (AvgIpc) is 2.55. The minimum absolute atomic E-state index is 0.347. The first-order valence-corrected chi connectivity index (χ1v) is 8.69. The Labute approximate surface area is 159 Å². The Morgan fingerprint density at radius 3 is 2.72 bits per heavy atom. The summed E-state index contributed by atoms with van der Waals surface area (Å²) in [5.74, 6) is -0.266. The molecule has 2 aromatic carbocycles.